The van der Waals surface area contributed by atoms with E-state index in [0.29, 0.717) is 12.0 Å². The summed E-state index contributed by atoms with van der Waals surface area (Å²) in [6, 6.07) is 11.7. The van der Waals surface area contributed by atoms with E-state index >= 15 is 0 Å². The zero-order valence-corrected chi connectivity index (χ0v) is 19.1. The number of rotatable bonds is 17. The van der Waals surface area contributed by atoms with Crippen molar-refractivity contribution in [3.05, 3.63) is 54.6 Å². The lowest BCUT2D eigenvalue weighted by Crippen LogP contribution is -2.21. The van der Waals surface area contributed by atoms with Crippen LogP contribution in [0.5, 0.6) is 0 Å². The van der Waals surface area contributed by atoms with Crippen molar-refractivity contribution in [3.8, 4) is 0 Å². The van der Waals surface area contributed by atoms with Gasteiger partial charge >= 0.3 is 0 Å². The van der Waals surface area contributed by atoms with Crippen LogP contribution in [0.2, 0.25) is 0 Å². The van der Waals surface area contributed by atoms with Crippen LogP contribution < -0.4 is 0 Å². The fraction of sp³-hybridized carbons (Fsp3) is 0.667. The predicted octanol–water partition coefficient (Wildman–Crippen LogP) is 8.39. The average molecular weight is 397 g/mol. The number of imidazole rings is 1. The van der Waals surface area contributed by atoms with Crippen LogP contribution in [0.3, 0.4) is 0 Å². The quantitative estimate of drug-likeness (QED) is 0.245. The molecule has 2 heteroatoms. The van der Waals surface area contributed by atoms with Crippen molar-refractivity contribution in [2.75, 3.05) is 0 Å². The zero-order valence-electron chi connectivity index (χ0n) is 19.1. The molecule has 0 aliphatic heterocycles. The summed E-state index contributed by atoms with van der Waals surface area (Å²) in [5, 5.41) is 0. The first-order valence-electron chi connectivity index (χ1n) is 12.4. The van der Waals surface area contributed by atoms with Crippen LogP contribution in [0.4, 0.5) is 0 Å². The maximum Gasteiger partial charge on any atom is 0.0948 e. The van der Waals surface area contributed by atoms with Gasteiger partial charge in [-0.15, -0.1) is 0 Å². The monoisotopic (exact) mass is 396 g/mol. The molecule has 0 bridgehead atoms. The Morgan fingerprint density at radius 1 is 0.759 bits per heavy atom. The highest BCUT2D eigenvalue weighted by atomic mass is 15.1. The van der Waals surface area contributed by atoms with Crippen LogP contribution in [0.25, 0.3) is 0 Å². The third-order valence-corrected chi connectivity index (χ3v) is 6.32. The molecule has 0 radical (unpaired) electrons. The summed E-state index contributed by atoms with van der Waals surface area (Å²) in [7, 11) is 0. The molecule has 2 aromatic rings. The number of benzene rings is 1. The fourth-order valence-electron chi connectivity index (χ4n) is 4.59. The lowest BCUT2D eigenvalue weighted by Gasteiger charge is -2.29. The predicted molar refractivity (Wildman–Crippen MR) is 126 cm³/mol. The molecule has 1 aromatic carbocycles. The largest absolute Gasteiger partial charge is 0.334 e. The first-order valence-corrected chi connectivity index (χ1v) is 12.4. The van der Waals surface area contributed by atoms with E-state index in [4.69, 9.17) is 0 Å². The van der Waals surface area contributed by atoms with E-state index in [9.17, 15) is 0 Å². The molecule has 2 atom stereocenters. The van der Waals surface area contributed by atoms with Crippen molar-refractivity contribution in [2.24, 2.45) is 5.92 Å². The minimum Gasteiger partial charge on any atom is -0.334 e. The number of hydrogen-bond acceptors (Lipinski definition) is 1. The van der Waals surface area contributed by atoms with Gasteiger partial charge in [-0.2, -0.15) is 0 Å². The Hall–Kier alpha value is -1.57. The zero-order chi connectivity index (χ0) is 20.6. The third kappa shape index (κ3) is 9.65. The van der Waals surface area contributed by atoms with Gasteiger partial charge in [0.15, 0.2) is 0 Å². The van der Waals surface area contributed by atoms with Gasteiger partial charge in [-0.05, 0) is 30.7 Å². The minimum atomic E-state index is 0.578. The molecule has 1 aromatic heterocycles. The first-order chi connectivity index (χ1) is 14.3. The molecule has 2 rings (SSSR count). The van der Waals surface area contributed by atoms with Crippen LogP contribution >= 0.6 is 0 Å². The van der Waals surface area contributed by atoms with E-state index in [1.807, 2.05) is 12.5 Å². The fourth-order valence-corrected chi connectivity index (χ4v) is 4.59. The molecule has 162 valence electrons. The maximum absolute atomic E-state index is 4.37. The SMILES string of the molecule is CCCCCCCCCCC(Cc1ccccc1)C(CCCCC)n1ccnc1. The Labute approximate surface area is 180 Å². The molecule has 2 nitrogen and oxygen atoms in total. The van der Waals surface area contributed by atoms with Gasteiger partial charge in [0.2, 0.25) is 0 Å². The second-order valence-electron chi connectivity index (χ2n) is 8.79. The number of aromatic nitrogens is 2. The van der Waals surface area contributed by atoms with Crippen LogP contribution in [0.15, 0.2) is 49.1 Å². The number of nitrogens with zero attached hydrogens (tertiary/aromatic N) is 2. The second kappa shape index (κ2) is 15.3. The summed E-state index contributed by atoms with van der Waals surface area (Å²) < 4.78 is 2.40. The minimum absolute atomic E-state index is 0.578. The standard InChI is InChI=1S/C27H44N2/c1-3-5-7-8-9-10-11-16-19-26(23-25-17-14-12-15-18-25)27(20-13-6-4-2)29-22-21-28-24-29/h12,14-15,17-18,21-22,24,26-27H,3-11,13,16,19-20,23H2,1-2H3. The molecule has 1 heterocycles. The molecule has 0 aliphatic carbocycles. The summed E-state index contributed by atoms with van der Waals surface area (Å²) >= 11 is 0. The van der Waals surface area contributed by atoms with Crippen molar-refractivity contribution >= 4 is 0 Å². The molecule has 0 saturated carbocycles. The normalized spacial score (nSPS) is 13.4. The molecule has 0 amide bonds. The second-order valence-corrected chi connectivity index (χ2v) is 8.79. The summed E-state index contributed by atoms with van der Waals surface area (Å²) in [4.78, 5) is 4.37. The van der Waals surface area contributed by atoms with Crippen molar-refractivity contribution in [1.29, 1.82) is 0 Å². The van der Waals surface area contributed by atoms with Gasteiger partial charge in [-0.25, -0.2) is 4.98 Å². The van der Waals surface area contributed by atoms with Crippen LogP contribution in [-0.2, 0) is 6.42 Å². The topological polar surface area (TPSA) is 17.8 Å². The smallest absolute Gasteiger partial charge is 0.0948 e. The van der Waals surface area contributed by atoms with Gasteiger partial charge in [-0.3, -0.25) is 0 Å². The molecule has 0 aliphatic rings. The van der Waals surface area contributed by atoms with Gasteiger partial charge in [0.1, 0.15) is 0 Å². The third-order valence-electron chi connectivity index (χ3n) is 6.32. The Kier molecular flexibility index (Phi) is 12.5. The Bertz CT molecular complexity index is 590. The average Bonchev–Trinajstić information content (AvgIpc) is 3.28. The van der Waals surface area contributed by atoms with E-state index in [2.05, 4.69) is 59.9 Å². The number of unbranched alkanes of at least 4 members (excludes halogenated alkanes) is 9. The summed E-state index contributed by atoms with van der Waals surface area (Å²) in [6.07, 6.45) is 25.1. The van der Waals surface area contributed by atoms with Gasteiger partial charge in [-0.1, -0.05) is 115 Å². The first kappa shape index (κ1) is 23.7. The highest BCUT2D eigenvalue weighted by molar-refractivity contribution is 5.15. The van der Waals surface area contributed by atoms with E-state index < -0.39 is 0 Å². The van der Waals surface area contributed by atoms with Crippen molar-refractivity contribution in [1.82, 2.24) is 9.55 Å². The van der Waals surface area contributed by atoms with E-state index in [-0.39, 0.29) is 0 Å². The molecule has 0 N–H and O–H groups in total. The Morgan fingerprint density at radius 3 is 2.03 bits per heavy atom. The van der Waals surface area contributed by atoms with Gasteiger partial charge in [0, 0.05) is 18.4 Å². The molecular weight excluding hydrogens is 352 g/mol. The maximum atomic E-state index is 4.37. The molecule has 29 heavy (non-hydrogen) atoms. The summed E-state index contributed by atoms with van der Waals surface area (Å²) in [6.45, 7) is 4.60. The van der Waals surface area contributed by atoms with Crippen molar-refractivity contribution in [3.63, 3.8) is 0 Å². The highest BCUT2D eigenvalue weighted by Crippen LogP contribution is 2.32. The van der Waals surface area contributed by atoms with Gasteiger partial charge < -0.3 is 4.57 Å². The molecule has 0 spiro atoms. The Morgan fingerprint density at radius 2 is 1.38 bits per heavy atom. The molecule has 0 fully saturated rings. The Balaban J connectivity index is 1.93. The number of hydrogen-bond donors (Lipinski definition) is 0. The van der Waals surface area contributed by atoms with E-state index in [0.717, 1.165) is 0 Å². The van der Waals surface area contributed by atoms with Crippen LogP contribution in [0, 0.1) is 5.92 Å². The van der Waals surface area contributed by atoms with Crippen molar-refractivity contribution < 1.29 is 0 Å². The van der Waals surface area contributed by atoms with E-state index in [1.54, 1.807) is 0 Å². The van der Waals surface area contributed by atoms with Gasteiger partial charge in [0.25, 0.3) is 0 Å². The highest BCUT2D eigenvalue weighted by Gasteiger charge is 2.22. The summed E-state index contributed by atoms with van der Waals surface area (Å²) in [5.41, 5.74) is 1.48. The molecule has 2 unspecified atom stereocenters. The molecular formula is C27H44N2. The van der Waals surface area contributed by atoms with E-state index in [1.165, 1.54) is 95.5 Å². The van der Waals surface area contributed by atoms with Gasteiger partial charge in [0.05, 0.1) is 6.33 Å². The lowest BCUT2D eigenvalue weighted by molar-refractivity contribution is 0.276. The van der Waals surface area contributed by atoms with Crippen molar-refractivity contribution in [2.45, 2.75) is 110 Å². The summed E-state index contributed by atoms with van der Waals surface area (Å²) in [5.74, 6) is 0.698. The van der Waals surface area contributed by atoms with Crippen LogP contribution in [0.1, 0.15) is 109 Å². The molecule has 0 saturated heterocycles. The lowest BCUT2D eigenvalue weighted by atomic mass is 9.84. The van der Waals surface area contributed by atoms with Crippen LogP contribution in [-0.4, -0.2) is 9.55 Å².